The Bertz CT molecular complexity index is 1320. The fourth-order valence-electron chi connectivity index (χ4n) is 3.29. The zero-order chi connectivity index (χ0) is 19.1. The highest BCUT2D eigenvalue weighted by molar-refractivity contribution is 5.93. The van der Waals surface area contributed by atoms with Gasteiger partial charge >= 0.3 is 0 Å². The van der Waals surface area contributed by atoms with Crippen molar-refractivity contribution in [3.8, 4) is 11.5 Å². The van der Waals surface area contributed by atoms with Gasteiger partial charge < -0.3 is 9.88 Å². The zero-order valence-corrected chi connectivity index (χ0v) is 15.6. The Morgan fingerprint density at radius 1 is 0.857 bits per heavy atom. The minimum atomic E-state index is 0.603. The summed E-state index contributed by atoms with van der Waals surface area (Å²) in [5.74, 6) is 1.36. The predicted octanol–water partition coefficient (Wildman–Crippen LogP) is 4.63. The largest absolute Gasteiger partial charge is 0.340 e. The summed E-state index contributed by atoms with van der Waals surface area (Å²) in [7, 11) is 1.99. The van der Waals surface area contributed by atoms with Gasteiger partial charge in [-0.1, -0.05) is 18.2 Å². The van der Waals surface area contributed by atoms with E-state index >= 15 is 0 Å². The van der Waals surface area contributed by atoms with Gasteiger partial charge in [-0.2, -0.15) is 0 Å². The van der Waals surface area contributed by atoms with Crippen LogP contribution in [0.4, 0.5) is 11.5 Å². The Balaban J connectivity index is 1.65. The minimum Gasteiger partial charge on any atom is -0.340 e. The molecule has 3 heterocycles. The lowest BCUT2D eigenvalue weighted by Crippen LogP contribution is -2.00. The van der Waals surface area contributed by atoms with E-state index in [1.54, 1.807) is 0 Å². The van der Waals surface area contributed by atoms with Gasteiger partial charge in [0.25, 0.3) is 0 Å². The molecule has 0 amide bonds. The number of hydrogen-bond acceptors (Lipinski definition) is 5. The summed E-state index contributed by atoms with van der Waals surface area (Å²) in [5, 5.41) is 4.42. The molecule has 136 valence electrons. The van der Waals surface area contributed by atoms with E-state index in [1.165, 1.54) is 0 Å². The van der Waals surface area contributed by atoms with E-state index in [-0.39, 0.29) is 0 Å². The number of aryl methyl sites for hydroxylation is 2. The van der Waals surface area contributed by atoms with Crippen molar-refractivity contribution in [2.45, 2.75) is 6.92 Å². The Labute approximate surface area is 161 Å². The molecular weight excluding hydrogens is 348 g/mol. The summed E-state index contributed by atoms with van der Waals surface area (Å²) in [6.45, 7) is 1.97. The van der Waals surface area contributed by atoms with Crippen LogP contribution in [0.5, 0.6) is 0 Å². The Kier molecular flexibility index (Phi) is 3.76. The van der Waals surface area contributed by atoms with Crippen LogP contribution < -0.4 is 5.32 Å². The van der Waals surface area contributed by atoms with Crippen LogP contribution in [0.3, 0.4) is 0 Å². The lowest BCUT2D eigenvalue weighted by Gasteiger charge is -2.11. The van der Waals surface area contributed by atoms with Gasteiger partial charge in [0.2, 0.25) is 0 Å². The van der Waals surface area contributed by atoms with E-state index in [0.29, 0.717) is 5.82 Å². The number of nitrogens with one attached hydrogen (secondary N) is 1. The third kappa shape index (κ3) is 2.85. The molecule has 2 aromatic carbocycles. The zero-order valence-electron chi connectivity index (χ0n) is 15.6. The summed E-state index contributed by atoms with van der Waals surface area (Å²) in [6.07, 6.45) is 1.82. The highest BCUT2D eigenvalue weighted by atomic mass is 15.1. The number of benzene rings is 2. The normalized spacial score (nSPS) is 11.2. The molecule has 0 radical (unpaired) electrons. The average molecular weight is 366 g/mol. The first-order valence-corrected chi connectivity index (χ1v) is 9.06. The average Bonchev–Trinajstić information content (AvgIpc) is 3.08. The topological polar surface area (TPSA) is 68.5 Å². The molecule has 0 aliphatic carbocycles. The molecule has 0 spiro atoms. The number of nitrogens with zero attached hydrogens (tertiary/aromatic N) is 5. The molecule has 5 aromatic rings. The smallest absolute Gasteiger partial charge is 0.180 e. The van der Waals surface area contributed by atoms with Crippen molar-refractivity contribution in [3.63, 3.8) is 0 Å². The van der Waals surface area contributed by atoms with Crippen LogP contribution in [-0.2, 0) is 7.05 Å². The van der Waals surface area contributed by atoms with Gasteiger partial charge in [-0.3, -0.25) is 0 Å². The van der Waals surface area contributed by atoms with Gasteiger partial charge in [-0.15, -0.1) is 0 Å². The van der Waals surface area contributed by atoms with E-state index in [2.05, 4.69) is 21.4 Å². The van der Waals surface area contributed by atoms with Gasteiger partial charge in [0, 0.05) is 23.8 Å². The van der Waals surface area contributed by atoms with Crippen molar-refractivity contribution in [2.75, 3.05) is 5.32 Å². The first-order valence-electron chi connectivity index (χ1n) is 9.06. The molecule has 28 heavy (non-hydrogen) atoms. The fourth-order valence-corrected chi connectivity index (χ4v) is 3.29. The van der Waals surface area contributed by atoms with Crippen molar-refractivity contribution < 1.29 is 0 Å². The first kappa shape index (κ1) is 16.4. The summed E-state index contributed by atoms with van der Waals surface area (Å²) in [6, 6.07) is 19.9. The monoisotopic (exact) mass is 366 g/mol. The summed E-state index contributed by atoms with van der Waals surface area (Å²) in [5.41, 5.74) is 5.54. The maximum Gasteiger partial charge on any atom is 0.180 e. The van der Waals surface area contributed by atoms with Crippen LogP contribution in [-0.4, -0.2) is 24.5 Å². The van der Waals surface area contributed by atoms with Crippen molar-refractivity contribution >= 4 is 33.4 Å². The number of aromatic nitrogens is 5. The van der Waals surface area contributed by atoms with Gasteiger partial charge in [0.15, 0.2) is 5.82 Å². The molecule has 0 aliphatic heterocycles. The second kappa shape index (κ2) is 6.42. The van der Waals surface area contributed by atoms with Gasteiger partial charge in [0.05, 0.1) is 22.9 Å². The van der Waals surface area contributed by atoms with E-state index in [1.807, 2.05) is 79.5 Å². The quantitative estimate of drug-likeness (QED) is 0.504. The van der Waals surface area contributed by atoms with Crippen molar-refractivity contribution in [1.82, 2.24) is 24.5 Å². The van der Waals surface area contributed by atoms with E-state index in [0.717, 1.165) is 44.8 Å². The van der Waals surface area contributed by atoms with Crippen LogP contribution in [0, 0.1) is 6.92 Å². The van der Waals surface area contributed by atoms with Gasteiger partial charge in [-0.05, 0) is 49.4 Å². The molecule has 0 unspecified atom stereocenters. The predicted molar refractivity (Wildman–Crippen MR) is 112 cm³/mol. The molecule has 0 saturated carbocycles. The SMILES string of the molecule is Cc1cccc(-c2nc(Nc3ccc4ncn(C)c4c3)c3ccccc3n2)n1. The molecule has 0 aliphatic rings. The van der Waals surface area contributed by atoms with E-state index in [9.17, 15) is 0 Å². The second-order valence-electron chi connectivity index (χ2n) is 6.76. The third-order valence-corrected chi connectivity index (χ3v) is 4.71. The van der Waals surface area contributed by atoms with Crippen LogP contribution in [0.1, 0.15) is 5.69 Å². The van der Waals surface area contributed by atoms with Crippen LogP contribution >= 0.6 is 0 Å². The molecule has 3 aromatic heterocycles. The van der Waals surface area contributed by atoms with Crippen molar-refractivity contribution in [2.24, 2.45) is 7.05 Å². The molecule has 6 heteroatoms. The highest BCUT2D eigenvalue weighted by Crippen LogP contribution is 2.28. The Morgan fingerprint density at radius 3 is 2.64 bits per heavy atom. The molecule has 0 saturated heterocycles. The third-order valence-electron chi connectivity index (χ3n) is 4.71. The van der Waals surface area contributed by atoms with Crippen LogP contribution in [0.25, 0.3) is 33.5 Å². The van der Waals surface area contributed by atoms with E-state index in [4.69, 9.17) is 9.97 Å². The number of fused-ring (bicyclic) bond motifs is 2. The first-order chi connectivity index (χ1) is 13.7. The summed E-state index contributed by atoms with van der Waals surface area (Å²) >= 11 is 0. The summed E-state index contributed by atoms with van der Waals surface area (Å²) < 4.78 is 2.00. The van der Waals surface area contributed by atoms with Crippen molar-refractivity contribution in [1.29, 1.82) is 0 Å². The summed E-state index contributed by atoms with van der Waals surface area (Å²) in [4.78, 5) is 18.5. The number of para-hydroxylation sites is 1. The lowest BCUT2D eigenvalue weighted by atomic mass is 10.2. The molecule has 0 bridgehead atoms. The van der Waals surface area contributed by atoms with Crippen molar-refractivity contribution in [3.05, 3.63) is 72.7 Å². The van der Waals surface area contributed by atoms with Crippen LogP contribution in [0.15, 0.2) is 67.0 Å². The van der Waals surface area contributed by atoms with Crippen LogP contribution in [0.2, 0.25) is 0 Å². The lowest BCUT2D eigenvalue weighted by molar-refractivity contribution is 0.948. The van der Waals surface area contributed by atoms with Gasteiger partial charge in [0.1, 0.15) is 11.5 Å². The highest BCUT2D eigenvalue weighted by Gasteiger charge is 2.11. The molecule has 6 nitrogen and oxygen atoms in total. The standard InChI is InChI=1S/C22H18N6/c1-14-6-5-9-19(24-14)22-26-17-8-4-3-7-16(17)21(27-22)25-15-10-11-18-20(12-15)28(2)13-23-18/h3-13H,1-2H3,(H,25,26,27). The second-order valence-corrected chi connectivity index (χ2v) is 6.76. The number of hydrogen-bond donors (Lipinski definition) is 1. The molecule has 0 fully saturated rings. The number of rotatable bonds is 3. The maximum atomic E-state index is 4.79. The maximum absolute atomic E-state index is 4.79. The Hall–Kier alpha value is -3.80. The number of imidazole rings is 1. The van der Waals surface area contributed by atoms with Gasteiger partial charge in [-0.25, -0.2) is 19.9 Å². The molecule has 1 N–H and O–H groups in total. The molecular formula is C22H18N6. The number of pyridine rings is 1. The Morgan fingerprint density at radius 2 is 1.75 bits per heavy atom. The molecule has 5 rings (SSSR count). The van der Waals surface area contributed by atoms with E-state index < -0.39 is 0 Å². The molecule has 0 atom stereocenters. The number of anilines is 2. The minimum absolute atomic E-state index is 0.603. The fraction of sp³-hybridized carbons (Fsp3) is 0.0909.